The maximum absolute atomic E-state index is 13.1. The topological polar surface area (TPSA) is 63.7 Å². The molecule has 0 heterocycles. The highest BCUT2D eigenvalue weighted by Crippen LogP contribution is 2.33. The lowest BCUT2D eigenvalue weighted by Gasteiger charge is -2.31. The fraction of sp³-hybridized carbons (Fsp3) is 0.562. The third-order valence-corrected chi connectivity index (χ3v) is 6.71. The molecule has 1 aromatic carbocycles. The lowest BCUT2D eigenvalue weighted by Crippen LogP contribution is -2.43. The molecule has 0 amide bonds. The first kappa shape index (κ1) is 18.2. The zero-order chi connectivity index (χ0) is 17.2. The fourth-order valence-corrected chi connectivity index (χ4v) is 5.50. The van der Waals surface area contributed by atoms with Crippen molar-refractivity contribution in [2.24, 2.45) is 0 Å². The van der Waals surface area contributed by atoms with Crippen molar-refractivity contribution < 1.29 is 17.9 Å². The average molecular weight is 360 g/mol. The van der Waals surface area contributed by atoms with E-state index in [1.54, 1.807) is 0 Å². The Hall–Kier alpha value is -1.11. The number of benzene rings is 1. The van der Waals surface area contributed by atoms with Crippen molar-refractivity contribution in [3.05, 3.63) is 28.8 Å². The van der Waals surface area contributed by atoms with Crippen LogP contribution in [0, 0.1) is 0 Å². The second kappa shape index (κ2) is 7.20. The van der Waals surface area contributed by atoms with Gasteiger partial charge in [-0.3, -0.25) is 0 Å². The van der Waals surface area contributed by atoms with E-state index in [0.29, 0.717) is 0 Å². The number of carbonyl (C=O) groups is 1. The van der Waals surface area contributed by atoms with E-state index in [9.17, 15) is 13.2 Å². The number of hydrogen-bond donors (Lipinski definition) is 0. The van der Waals surface area contributed by atoms with Gasteiger partial charge in [-0.15, -0.1) is 0 Å². The van der Waals surface area contributed by atoms with Crippen molar-refractivity contribution in [3.8, 4) is 0 Å². The first-order chi connectivity index (χ1) is 10.8. The molecule has 1 aromatic rings. The van der Waals surface area contributed by atoms with Crippen LogP contribution in [0.1, 0.15) is 49.9 Å². The molecule has 0 aromatic heterocycles. The van der Waals surface area contributed by atoms with E-state index in [4.69, 9.17) is 11.6 Å². The highest BCUT2D eigenvalue weighted by Gasteiger charge is 2.36. The van der Waals surface area contributed by atoms with Gasteiger partial charge in [-0.05, 0) is 44.9 Å². The smallest absolute Gasteiger partial charge is 0.337 e. The van der Waals surface area contributed by atoms with Gasteiger partial charge >= 0.3 is 5.97 Å². The van der Waals surface area contributed by atoms with Gasteiger partial charge in [0.25, 0.3) is 0 Å². The van der Waals surface area contributed by atoms with Crippen LogP contribution in [0.25, 0.3) is 0 Å². The minimum atomic E-state index is -3.79. The van der Waals surface area contributed by atoms with Crippen molar-refractivity contribution in [2.45, 2.75) is 56.5 Å². The van der Waals surface area contributed by atoms with Crippen LogP contribution in [0.2, 0.25) is 5.02 Å². The summed E-state index contributed by atoms with van der Waals surface area (Å²) in [6, 6.07) is 3.99. The number of halogens is 1. The molecule has 0 N–H and O–H groups in total. The van der Waals surface area contributed by atoms with E-state index in [1.807, 2.05) is 13.8 Å². The zero-order valence-corrected chi connectivity index (χ0v) is 15.2. The first-order valence-corrected chi connectivity index (χ1v) is 9.52. The fourth-order valence-electron chi connectivity index (χ4n) is 3.11. The normalized spacial score (nSPS) is 16.3. The summed E-state index contributed by atoms with van der Waals surface area (Å²) in [5, 5.41) is 0.112. The van der Waals surface area contributed by atoms with E-state index in [0.717, 1.165) is 25.7 Å². The number of nitrogens with zero attached hydrogens (tertiary/aromatic N) is 1. The summed E-state index contributed by atoms with van der Waals surface area (Å²) in [7, 11) is -2.53. The SMILES string of the molecule is COC(=O)c1ccc(Cl)c(S(=O)(=O)N(C(C)C)C2CCCC2)c1. The molecular formula is C16H22ClNO4S. The summed E-state index contributed by atoms with van der Waals surface area (Å²) in [6.07, 6.45) is 3.76. The molecule has 1 aliphatic rings. The number of sulfonamides is 1. The Bertz CT molecular complexity index is 681. The largest absolute Gasteiger partial charge is 0.465 e. The Kier molecular flexibility index (Phi) is 5.70. The number of esters is 1. The maximum atomic E-state index is 13.1. The third kappa shape index (κ3) is 3.70. The molecule has 0 bridgehead atoms. The van der Waals surface area contributed by atoms with E-state index < -0.39 is 16.0 Å². The Morgan fingerprint density at radius 1 is 1.30 bits per heavy atom. The van der Waals surface area contributed by atoms with Crippen LogP contribution in [-0.2, 0) is 14.8 Å². The molecule has 1 aliphatic carbocycles. The second-order valence-electron chi connectivity index (χ2n) is 6.00. The Labute approximate surface area is 142 Å². The van der Waals surface area contributed by atoms with E-state index >= 15 is 0 Å². The van der Waals surface area contributed by atoms with Crippen LogP contribution in [0.15, 0.2) is 23.1 Å². The van der Waals surface area contributed by atoms with Gasteiger partial charge in [0.1, 0.15) is 4.90 Å². The van der Waals surface area contributed by atoms with Gasteiger partial charge in [0.15, 0.2) is 0 Å². The molecule has 1 fully saturated rings. The molecule has 7 heteroatoms. The van der Waals surface area contributed by atoms with Crippen LogP contribution >= 0.6 is 11.6 Å². The van der Waals surface area contributed by atoms with Gasteiger partial charge in [-0.1, -0.05) is 24.4 Å². The molecule has 0 atom stereocenters. The standard InChI is InChI=1S/C16H22ClNO4S/c1-11(2)18(13-6-4-5-7-13)23(20,21)15-10-12(16(19)22-3)8-9-14(15)17/h8-11,13H,4-7H2,1-3H3. The van der Waals surface area contributed by atoms with E-state index in [1.165, 1.54) is 29.6 Å². The maximum Gasteiger partial charge on any atom is 0.337 e. The molecule has 1 saturated carbocycles. The minimum Gasteiger partial charge on any atom is -0.465 e. The Morgan fingerprint density at radius 2 is 1.91 bits per heavy atom. The van der Waals surface area contributed by atoms with E-state index in [-0.39, 0.29) is 27.6 Å². The van der Waals surface area contributed by atoms with Crippen LogP contribution in [0.5, 0.6) is 0 Å². The molecule has 23 heavy (non-hydrogen) atoms. The van der Waals surface area contributed by atoms with Crippen molar-refractivity contribution >= 4 is 27.6 Å². The van der Waals surface area contributed by atoms with Crippen LogP contribution in [0.3, 0.4) is 0 Å². The molecule has 0 saturated heterocycles. The van der Waals surface area contributed by atoms with Crippen LogP contribution in [0.4, 0.5) is 0 Å². The van der Waals surface area contributed by atoms with Gasteiger partial charge in [0.2, 0.25) is 10.0 Å². The molecule has 0 unspecified atom stereocenters. The highest BCUT2D eigenvalue weighted by molar-refractivity contribution is 7.89. The number of methoxy groups -OCH3 is 1. The quantitative estimate of drug-likeness (QED) is 0.755. The molecular weight excluding hydrogens is 338 g/mol. The minimum absolute atomic E-state index is 0.0159. The Balaban J connectivity index is 2.50. The van der Waals surface area contributed by atoms with Crippen molar-refractivity contribution in [3.63, 3.8) is 0 Å². The number of carbonyl (C=O) groups excluding carboxylic acids is 1. The van der Waals surface area contributed by atoms with Crippen molar-refractivity contribution in [1.82, 2.24) is 4.31 Å². The van der Waals surface area contributed by atoms with Gasteiger partial charge in [-0.25, -0.2) is 13.2 Å². The first-order valence-electron chi connectivity index (χ1n) is 7.70. The second-order valence-corrected chi connectivity index (χ2v) is 8.22. The van der Waals surface area contributed by atoms with Crippen LogP contribution in [-0.4, -0.2) is 37.9 Å². The van der Waals surface area contributed by atoms with Gasteiger partial charge < -0.3 is 4.74 Å². The highest BCUT2D eigenvalue weighted by atomic mass is 35.5. The lowest BCUT2D eigenvalue weighted by molar-refractivity contribution is 0.0600. The summed E-state index contributed by atoms with van der Waals surface area (Å²) in [5.41, 5.74) is 0.172. The average Bonchev–Trinajstić information content (AvgIpc) is 2.99. The van der Waals surface area contributed by atoms with E-state index in [2.05, 4.69) is 4.74 Å². The summed E-state index contributed by atoms with van der Waals surface area (Å²) in [6.45, 7) is 3.71. The molecule has 2 rings (SSSR count). The number of ether oxygens (including phenoxy) is 1. The Morgan fingerprint density at radius 3 is 2.43 bits per heavy atom. The summed E-state index contributed by atoms with van der Waals surface area (Å²) < 4.78 is 32.5. The molecule has 0 aliphatic heterocycles. The van der Waals surface area contributed by atoms with Crippen molar-refractivity contribution in [2.75, 3.05) is 7.11 Å². The number of rotatable bonds is 5. The zero-order valence-electron chi connectivity index (χ0n) is 13.6. The predicted molar refractivity (Wildman–Crippen MR) is 89.2 cm³/mol. The monoisotopic (exact) mass is 359 g/mol. The summed E-state index contributed by atoms with van der Waals surface area (Å²) in [4.78, 5) is 11.7. The molecule has 0 spiro atoms. The number of hydrogen-bond acceptors (Lipinski definition) is 4. The van der Waals surface area contributed by atoms with Gasteiger partial charge in [0.05, 0.1) is 17.7 Å². The molecule has 128 valence electrons. The predicted octanol–water partition coefficient (Wildman–Crippen LogP) is 3.47. The molecule has 0 radical (unpaired) electrons. The van der Waals surface area contributed by atoms with Gasteiger partial charge in [0, 0.05) is 12.1 Å². The van der Waals surface area contributed by atoms with Crippen molar-refractivity contribution in [1.29, 1.82) is 0 Å². The van der Waals surface area contributed by atoms with Crippen LogP contribution < -0.4 is 0 Å². The van der Waals surface area contributed by atoms with Gasteiger partial charge in [-0.2, -0.15) is 4.31 Å². The summed E-state index contributed by atoms with van der Waals surface area (Å²) >= 11 is 6.13. The third-order valence-electron chi connectivity index (χ3n) is 4.10. The summed E-state index contributed by atoms with van der Waals surface area (Å²) in [5.74, 6) is -0.588. The lowest BCUT2D eigenvalue weighted by atomic mass is 10.2. The molecule has 5 nitrogen and oxygen atoms in total.